The average molecular weight is 384 g/mol. The van der Waals surface area contributed by atoms with Crippen molar-refractivity contribution in [1.82, 2.24) is 5.32 Å². The summed E-state index contributed by atoms with van der Waals surface area (Å²) in [5.74, 6) is -0.660. The number of amides is 1. The molecule has 0 aliphatic heterocycles. The largest absolute Gasteiger partial charge is 0.489 e. The van der Waals surface area contributed by atoms with E-state index < -0.39 is 12.0 Å². The number of hydrogen-bond acceptors (Lipinski definition) is 4. The number of ether oxygens (including phenoxy) is 1. The van der Waals surface area contributed by atoms with Crippen LogP contribution in [0.4, 0.5) is 5.69 Å². The summed E-state index contributed by atoms with van der Waals surface area (Å²) in [5, 5.41) is 14.9. The molecule has 0 radical (unpaired) electrons. The highest BCUT2D eigenvalue weighted by molar-refractivity contribution is 5.94. The molecule has 6 heteroatoms. The highest BCUT2D eigenvalue weighted by atomic mass is 16.5. The number of aliphatic carboxylic acids is 1. The van der Waals surface area contributed by atoms with Crippen LogP contribution in [0.15, 0.2) is 54.6 Å². The van der Waals surface area contributed by atoms with E-state index in [4.69, 9.17) is 4.74 Å². The molecule has 0 saturated carbocycles. The average Bonchev–Trinajstić information content (AvgIpc) is 2.70. The van der Waals surface area contributed by atoms with Crippen molar-refractivity contribution >= 4 is 17.6 Å². The predicted molar refractivity (Wildman–Crippen MR) is 109 cm³/mol. The summed E-state index contributed by atoms with van der Waals surface area (Å²) in [4.78, 5) is 23.5. The van der Waals surface area contributed by atoms with Gasteiger partial charge in [-0.1, -0.05) is 50.1 Å². The Kier molecular flexibility index (Phi) is 9.01. The molecular formula is C22H28N2O4. The van der Waals surface area contributed by atoms with Crippen LogP contribution in [0.3, 0.4) is 0 Å². The van der Waals surface area contributed by atoms with Gasteiger partial charge >= 0.3 is 5.97 Å². The van der Waals surface area contributed by atoms with Gasteiger partial charge in [-0.05, 0) is 42.8 Å². The number of rotatable bonds is 12. The van der Waals surface area contributed by atoms with Gasteiger partial charge in [0.25, 0.3) is 0 Å². The number of nitrogens with one attached hydrogen (secondary N) is 2. The van der Waals surface area contributed by atoms with Gasteiger partial charge in [-0.3, -0.25) is 9.59 Å². The second-order valence-electron chi connectivity index (χ2n) is 6.60. The van der Waals surface area contributed by atoms with Crippen LogP contribution in [0.1, 0.15) is 38.2 Å². The van der Waals surface area contributed by atoms with Crippen LogP contribution >= 0.6 is 0 Å². The van der Waals surface area contributed by atoms with Gasteiger partial charge < -0.3 is 20.5 Å². The zero-order valence-corrected chi connectivity index (χ0v) is 16.2. The molecule has 0 bridgehead atoms. The van der Waals surface area contributed by atoms with Gasteiger partial charge in [-0.2, -0.15) is 0 Å². The lowest BCUT2D eigenvalue weighted by Crippen LogP contribution is -2.40. The van der Waals surface area contributed by atoms with Crippen LogP contribution in [0.5, 0.6) is 5.75 Å². The fraction of sp³-hybridized carbons (Fsp3) is 0.364. The summed E-state index contributed by atoms with van der Waals surface area (Å²) < 4.78 is 5.71. The molecule has 2 aromatic rings. The van der Waals surface area contributed by atoms with E-state index >= 15 is 0 Å². The Morgan fingerprint density at radius 1 is 1.04 bits per heavy atom. The molecule has 2 rings (SSSR count). The molecule has 0 heterocycles. The Morgan fingerprint density at radius 2 is 1.75 bits per heavy atom. The number of carbonyl (C=O) groups is 2. The first kappa shape index (κ1) is 21.4. The standard InChI is InChI=1S/C22H28N2O4/c1-2-3-7-14-23-20(22(26)27)15-21(25)24-18-10-12-19(13-11-18)28-16-17-8-5-4-6-9-17/h4-6,8-13,20,23H,2-3,7,14-16H2,1H3,(H,24,25)(H,26,27). The maximum Gasteiger partial charge on any atom is 0.321 e. The van der Waals surface area contributed by atoms with Crippen molar-refractivity contribution < 1.29 is 19.4 Å². The van der Waals surface area contributed by atoms with Gasteiger partial charge in [0, 0.05) is 5.69 Å². The third-order valence-corrected chi connectivity index (χ3v) is 4.25. The first-order chi connectivity index (χ1) is 13.6. The van der Waals surface area contributed by atoms with Gasteiger partial charge in [0.2, 0.25) is 5.91 Å². The minimum absolute atomic E-state index is 0.117. The summed E-state index contributed by atoms with van der Waals surface area (Å²) in [6.45, 7) is 3.14. The van der Waals surface area contributed by atoms with E-state index in [1.165, 1.54) is 0 Å². The molecule has 3 N–H and O–H groups in total. The van der Waals surface area contributed by atoms with Gasteiger partial charge in [0.05, 0.1) is 6.42 Å². The monoisotopic (exact) mass is 384 g/mol. The highest BCUT2D eigenvalue weighted by Crippen LogP contribution is 2.17. The minimum Gasteiger partial charge on any atom is -0.489 e. The SMILES string of the molecule is CCCCCNC(CC(=O)Nc1ccc(OCc2ccccc2)cc1)C(=O)O. The van der Waals surface area contributed by atoms with E-state index in [9.17, 15) is 14.7 Å². The van der Waals surface area contributed by atoms with Crippen LogP contribution in [0.25, 0.3) is 0 Å². The van der Waals surface area contributed by atoms with Crippen LogP contribution < -0.4 is 15.4 Å². The van der Waals surface area contributed by atoms with Crippen LogP contribution in [-0.2, 0) is 16.2 Å². The third kappa shape index (κ3) is 7.80. The summed E-state index contributed by atoms with van der Waals surface area (Å²) in [5.41, 5.74) is 1.68. The Hall–Kier alpha value is -2.86. The number of benzene rings is 2. The molecule has 2 aromatic carbocycles. The van der Waals surface area contributed by atoms with E-state index in [1.54, 1.807) is 24.3 Å². The van der Waals surface area contributed by atoms with Crippen LogP contribution in [0.2, 0.25) is 0 Å². The number of unbranched alkanes of at least 4 members (excludes halogenated alkanes) is 2. The van der Waals surface area contributed by atoms with E-state index in [0.717, 1.165) is 24.8 Å². The molecule has 1 atom stereocenters. The molecule has 6 nitrogen and oxygen atoms in total. The molecule has 0 saturated heterocycles. The van der Waals surface area contributed by atoms with Crippen molar-refractivity contribution in [2.45, 2.75) is 45.3 Å². The molecule has 0 aliphatic rings. The van der Waals surface area contributed by atoms with E-state index in [2.05, 4.69) is 17.6 Å². The molecule has 28 heavy (non-hydrogen) atoms. The fourth-order valence-electron chi connectivity index (χ4n) is 2.67. The molecule has 150 valence electrons. The maximum atomic E-state index is 12.2. The topological polar surface area (TPSA) is 87.7 Å². The Labute approximate surface area is 165 Å². The van der Waals surface area contributed by atoms with Gasteiger partial charge in [-0.25, -0.2) is 0 Å². The van der Waals surface area contributed by atoms with Crippen molar-refractivity contribution in [2.75, 3.05) is 11.9 Å². The summed E-state index contributed by atoms with van der Waals surface area (Å²) in [7, 11) is 0. The minimum atomic E-state index is -1.02. The summed E-state index contributed by atoms with van der Waals surface area (Å²) >= 11 is 0. The first-order valence-electron chi connectivity index (χ1n) is 9.61. The van der Waals surface area contributed by atoms with Crippen molar-refractivity contribution in [2.24, 2.45) is 0 Å². The quantitative estimate of drug-likeness (QED) is 0.484. The fourth-order valence-corrected chi connectivity index (χ4v) is 2.67. The number of carbonyl (C=O) groups excluding carboxylic acids is 1. The Bertz CT molecular complexity index is 732. The Morgan fingerprint density at radius 3 is 2.39 bits per heavy atom. The smallest absolute Gasteiger partial charge is 0.321 e. The number of anilines is 1. The molecule has 0 aromatic heterocycles. The van der Waals surface area contributed by atoms with Gasteiger partial charge in [0.1, 0.15) is 18.4 Å². The second-order valence-corrected chi connectivity index (χ2v) is 6.60. The second kappa shape index (κ2) is 11.8. The number of carboxylic acid groups (broad SMARTS) is 1. The molecule has 0 aliphatic carbocycles. The van der Waals surface area contributed by atoms with Gasteiger partial charge in [-0.15, -0.1) is 0 Å². The van der Waals surface area contributed by atoms with E-state index in [0.29, 0.717) is 24.6 Å². The molecule has 1 amide bonds. The zero-order valence-electron chi connectivity index (χ0n) is 16.2. The maximum absolute atomic E-state index is 12.2. The zero-order chi connectivity index (χ0) is 20.2. The van der Waals surface area contributed by atoms with E-state index in [-0.39, 0.29) is 12.3 Å². The number of hydrogen-bond donors (Lipinski definition) is 3. The van der Waals surface area contributed by atoms with Crippen molar-refractivity contribution in [3.63, 3.8) is 0 Å². The van der Waals surface area contributed by atoms with Crippen molar-refractivity contribution in [3.05, 3.63) is 60.2 Å². The van der Waals surface area contributed by atoms with Crippen molar-refractivity contribution in [1.29, 1.82) is 0 Å². The Balaban J connectivity index is 1.79. The third-order valence-electron chi connectivity index (χ3n) is 4.25. The lowest BCUT2D eigenvalue weighted by molar-refractivity contribution is -0.141. The molecule has 0 spiro atoms. The highest BCUT2D eigenvalue weighted by Gasteiger charge is 2.20. The lowest BCUT2D eigenvalue weighted by atomic mass is 10.1. The summed E-state index contributed by atoms with van der Waals surface area (Å²) in [6.07, 6.45) is 2.87. The summed E-state index contributed by atoms with van der Waals surface area (Å²) in [6, 6.07) is 16.0. The van der Waals surface area contributed by atoms with Gasteiger partial charge in [0.15, 0.2) is 0 Å². The predicted octanol–water partition coefficient (Wildman–Crippen LogP) is 3.83. The molecule has 1 unspecified atom stereocenters. The van der Waals surface area contributed by atoms with Crippen molar-refractivity contribution in [3.8, 4) is 5.75 Å². The molecular weight excluding hydrogens is 356 g/mol. The number of carboxylic acids is 1. The van der Waals surface area contributed by atoms with Crippen LogP contribution in [0, 0.1) is 0 Å². The lowest BCUT2D eigenvalue weighted by Gasteiger charge is -2.14. The van der Waals surface area contributed by atoms with E-state index in [1.807, 2.05) is 30.3 Å². The molecule has 0 fully saturated rings. The van der Waals surface area contributed by atoms with Crippen LogP contribution in [-0.4, -0.2) is 29.6 Å². The normalized spacial score (nSPS) is 11.6. The first-order valence-corrected chi connectivity index (χ1v) is 9.61.